The lowest BCUT2D eigenvalue weighted by molar-refractivity contribution is 0.600. The number of nitrogens with one attached hydrogen (secondary N) is 2. The summed E-state index contributed by atoms with van der Waals surface area (Å²) in [5.74, 6) is 0.337. The Balaban J connectivity index is 2.07. The van der Waals surface area contributed by atoms with Gasteiger partial charge in [0.1, 0.15) is 5.82 Å². The third kappa shape index (κ3) is 3.86. The van der Waals surface area contributed by atoms with Gasteiger partial charge in [-0.3, -0.25) is 14.1 Å². The minimum absolute atomic E-state index is 0.217. The number of benzene rings is 1. The van der Waals surface area contributed by atoms with Crippen molar-refractivity contribution in [1.82, 2.24) is 4.57 Å². The first-order valence-corrected chi connectivity index (χ1v) is 10.3. The van der Waals surface area contributed by atoms with Crippen LogP contribution in [0.5, 0.6) is 0 Å². The van der Waals surface area contributed by atoms with Crippen molar-refractivity contribution in [2.45, 2.75) is 25.0 Å². The summed E-state index contributed by atoms with van der Waals surface area (Å²) in [6.07, 6.45) is 1.31. The van der Waals surface area contributed by atoms with Crippen LogP contribution in [0.1, 0.15) is 18.4 Å². The number of rotatable bonds is 5. The fraction of sp³-hybridized carbons (Fsp3) is 0.312. The van der Waals surface area contributed by atoms with Crippen molar-refractivity contribution in [3.8, 4) is 0 Å². The van der Waals surface area contributed by atoms with E-state index in [1.807, 2.05) is 0 Å². The lowest BCUT2D eigenvalue weighted by Gasteiger charge is -2.19. The highest BCUT2D eigenvalue weighted by Gasteiger charge is 2.36. The monoisotopic (exact) mass is 445 g/mol. The summed E-state index contributed by atoms with van der Waals surface area (Å²) in [6.45, 7) is 1.65. The van der Waals surface area contributed by atoms with E-state index in [2.05, 4.69) is 26.0 Å². The van der Waals surface area contributed by atoms with E-state index in [0.29, 0.717) is 40.6 Å². The Morgan fingerprint density at radius 2 is 1.92 bits per heavy atom. The number of pyridine rings is 1. The topological polar surface area (TPSA) is 80.2 Å². The molecule has 1 aliphatic rings. The summed E-state index contributed by atoms with van der Waals surface area (Å²) >= 11 is 9.57. The van der Waals surface area contributed by atoms with E-state index in [9.17, 15) is 13.2 Å². The molecular formula is C16H17BrClN3O3S. The van der Waals surface area contributed by atoms with Gasteiger partial charge < -0.3 is 5.32 Å². The SMILES string of the molecule is Cc1cc(NS(=O)(=O)C2CC2)c(Nc2ccc(Br)cc2Cl)n(C)c1=O. The molecule has 2 N–H and O–H groups in total. The maximum atomic E-state index is 12.3. The second kappa shape index (κ2) is 6.66. The van der Waals surface area contributed by atoms with Crippen LogP contribution in [-0.2, 0) is 17.1 Å². The second-order valence-electron chi connectivity index (χ2n) is 6.05. The quantitative estimate of drug-likeness (QED) is 0.733. The van der Waals surface area contributed by atoms with Crippen molar-refractivity contribution >= 4 is 54.7 Å². The second-order valence-corrected chi connectivity index (χ2v) is 9.33. The summed E-state index contributed by atoms with van der Waals surface area (Å²) in [4.78, 5) is 12.3. The van der Waals surface area contributed by atoms with Gasteiger partial charge in [-0.25, -0.2) is 8.42 Å². The molecule has 25 heavy (non-hydrogen) atoms. The smallest absolute Gasteiger partial charge is 0.254 e. The zero-order valence-electron chi connectivity index (χ0n) is 13.6. The van der Waals surface area contributed by atoms with Crippen LogP contribution in [0.4, 0.5) is 17.2 Å². The highest BCUT2D eigenvalue weighted by Crippen LogP contribution is 2.34. The first kappa shape index (κ1) is 18.3. The number of hydrogen-bond acceptors (Lipinski definition) is 4. The number of hydrogen-bond donors (Lipinski definition) is 2. The highest BCUT2D eigenvalue weighted by molar-refractivity contribution is 9.10. The molecule has 1 aromatic heterocycles. The summed E-state index contributed by atoms with van der Waals surface area (Å²) < 4.78 is 29.5. The Kier molecular flexibility index (Phi) is 4.87. The number of halogens is 2. The van der Waals surface area contributed by atoms with E-state index in [1.54, 1.807) is 32.2 Å². The molecule has 1 aromatic carbocycles. The first-order valence-electron chi connectivity index (χ1n) is 7.63. The van der Waals surface area contributed by atoms with E-state index < -0.39 is 10.0 Å². The van der Waals surface area contributed by atoms with Gasteiger partial charge in [-0.05, 0) is 44.0 Å². The van der Waals surface area contributed by atoms with E-state index in [-0.39, 0.29) is 10.8 Å². The summed E-state index contributed by atoms with van der Waals surface area (Å²) in [6, 6.07) is 6.80. The summed E-state index contributed by atoms with van der Waals surface area (Å²) in [7, 11) is -1.88. The Morgan fingerprint density at radius 3 is 2.52 bits per heavy atom. The Bertz CT molecular complexity index is 1000. The molecule has 1 fully saturated rings. The third-order valence-electron chi connectivity index (χ3n) is 3.99. The largest absolute Gasteiger partial charge is 0.339 e. The van der Waals surface area contributed by atoms with E-state index >= 15 is 0 Å². The van der Waals surface area contributed by atoms with E-state index in [4.69, 9.17) is 11.6 Å². The number of anilines is 3. The van der Waals surface area contributed by atoms with Crippen molar-refractivity contribution in [3.63, 3.8) is 0 Å². The molecular weight excluding hydrogens is 430 g/mol. The molecule has 1 aliphatic carbocycles. The van der Waals surface area contributed by atoms with Gasteiger partial charge in [0.2, 0.25) is 10.0 Å². The predicted molar refractivity (Wildman–Crippen MR) is 104 cm³/mol. The van der Waals surface area contributed by atoms with Gasteiger partial charge in [-0.2, -0.15) is 0 Å². The molecule has 0 bridgehead atoms. The molecule has 0 aliphatic heterocycles. The molecule has 0 amide bonds. The van der Waals surface area contributed by atoms with Crippen LogP contribution in [0.2, 0.25) is 5.02 Å². The van der Waals surface area contributed by atoms with Crippen molar-refractivity contribution in [2.24, 2.45) is 7.05 Å². The van der Waals surface area contributed by atoms with Crippen molar-refractivity contribution in [2.75, 3.05) is 10.0 Å². The molecule has 2 aromatic rings. The highest BCUT2D eigenvalue weighted by atomic mass is 79.9. The number of aromatic nitrogens is 1. The van der Waals surface area contributed by atoms with Gasteiger partial charge >= 0.3 is 0 Å². The molecule has 1 saturated carbocycles. The maximum absolute atomic E-state index is 12.3. The lowest BCUT2D eigenvalue weighted by atomic mass is 10.2. The van der Waals surface area contributed by atoms with Crippen molar-refractivity contribution in [1.29, 1.82) is 0 Å². The van der Waals surface area contributed by atoms with Crippen LogP contribution < -0.4 is 15.6 Å². The van der Waals surface area contributed by atoms with Crippen LogP contribution >= 0.6 is 27.5 Å². The molecule has 0 radical (unpaired) electrons. The predicted octanol–water partition coefficient (Wildman–Crippen LogP) is 3.76. The lowest BCUT2D eigenvalue weighted by Crippen LogP contribution is -2.25. The van der Waals surface area contributed by atoms with Crippen LogP contribution in [0.15, 0.2) is 33.5 Å². The van der Waals surface area contributed by atoms with Gasteiger partial charge in [0.15, 0.2) is 0 Å². The third-order valence-corrected chi connectivity index (χ3v) is 6.65. The number of aryl methyl sites for hydroxylation is 1. The normalized spacial score (nSPS) is 14.4. The minimum Gasteiger partial charge on any atom is -0.339 e. The molecule has 0 unspecified atom stereocenters. The zero-order chi connectivity index (χ0) is 18.4. The molecule has 6 nitrogen and oxygen atoms in total. The fourth-order valence-electron chi connectivity index (χ4n) is 2.46. The van der Waals surface area contributed by atoms with Crippen LogP contribution in [0.3, 0.4) is 0 Å². The van der Waals surface area contributed by atoms with Gasteiger partial charge in [0.05, 0.1) is 21.6 Å². The molecule has 134 valence electrons. The Morgan fingerprint density at radius 1 is 1.24 bits per heavy atom. The van der Waals surface area contributed by atoms with Gasteiger partial charge in [0, 0.05) is 17.1 Å². The molecule has 9 heteroatoms. The van der Waals surface area contributed by atoms with Gasteiger partial charge in [-0.1, -0.05) is 27.5 Å². The standard InChI is InChI=1S/C16H17BrClN3O3S/c1-9-7-14(20-25(23,24)11-4-5-11)15(21(2)16(9)22)19-13-6-3-10(17)8-12(13)18/h3,6-8,11,19-20H,4-5H2,1-2H3. The van der Waals surface area contributed by atoms with Gasteiger partial charge in [-0.15, -0.1) is 0 Å². The Labute approximate surface area is 159 Å². The fourth-order valence-corrected chi connectivity index (χ4v) is 4.56. The molecule has 0 atom stereocenters. The Hall–Kier alpha value is -1.51. The number of sulfonamides is 1. The summed E-state index contributed by atoms with van der Waals surface area (Å²) in [5.41, 5.74) is 1.12. The average Bonchev–Trinajstić information content (AvgIpc) is 3.36. The molecule has 0 saturated heterocycles. The van der Waals surface area contributed by atoms with Crippen LogP contribution in [-0.4, -0.2) is 18.2 Å². The van der Waals surface area contributed by atoms with E-state index in [1.165, 1.54) is 10.6 Å². The van der Waals surface area contributed by atoms with Crippen molar-refractivity contribution < 1.29 is 8.42 Å². The summed E-state index contributed by atoms with van der Waals surface area (Å²) in [5, 5.41) is 3.15. The zero-order valence-corrected chi connectivity index (χ0v) is 16.8. The maximum Gasteiger partial charge on any atom is 0.254 e. The van der Waals surface area contributed by atoms with Crippen LogP contribution in [0.25, 0.3) is 0 Å². The molecule has 3 rings (SSSR count). The number of nitrogens with zero attached hydrogens (tertiary/aromatic N) is 1. The molecule has 0 spiro atoms. The minimum atomic E-state index is -3.46. The van der Waals surface area contributed by atoms with Crippen molar-refractivity contribution in [3.05, 3.63) is 49.7 Å². The van der Waals surface area contributed by atoms with Crippen LogP contribution in [0, 0.1) is 6.92 Å². The first-order chi connectivity index (χ1) is 11.7. The average molecular weight is 447 g/mol. The van der Waals surface area contributed by atoms with Gasteiger partial charge in [0.25, 0.3) is 5.56 Å². The molecule has 1 heterocycles. The van der Waals surface area contributed by atoms with E-state index in [0.717, 1.165) is 4.47 Å².